The van der Waals surface area contributed by atoms with Crippen LogP contribution in [0, 0.1) is 0 Å². The van der Waals surface area contributed by atoms with Crippen molar-refractivity contribution in [1.82, 2.24) is 0 Å². The summed E-state index contributed by atoms with van der Waals surface area (Å²) in [6, 6.07) is 10.9. The van der Waals surface area contributed by atoms with Crippen LogP contribution in [0.1, 0.15) is 50.2 Å². The second-order valence-electron chi connectivity index (χ2n) is 6.10. The Hall–Kier alpha value is -0.670. The van der Waals surface area contributed by atoms with Crippen molar-refractivity contribution >= 4 is 31.9 Å². The highest BCUT2D eigenvalue weighted by Crippen LogP contribution is 2.23. The summed E-state index contributed by atoms with van der Waals surface area (Å²) in [6.07, 6.45) is 13.2. The van der Waals surface area contributed by atoms with Gasteiger partial charge in [-0.05, 0) is 61.9 Å². The number of benzene rings is 1. The number of rotatable bonds is 9. The van der Waals surface area contributed by atoms with Gasteiger partial charge in [0.05, 0.1) is 0 Å². The molecule has 1 aromatic heterocycles. The number of hydrogen-bond acceptors (Lipinski definition) is 0. The fourth-order valence-electron chi connectivity index (χ4n) is 2.77. The van der Waals surface area contributed by atoms with Gasteiger partial charge in [0.2, 0.25) is 0 Å². The minimum Gasteiger partial charge on any atom is -0.205 e. The predicted molar refractivity (Wildman–Crippen MR) is 105 cm³/mol. The molecule has 1 aromatic carbocycles. The second-order valence-corrected chi connectivity index (χ2v) is 7.87. The highest BCUT2D eigenvalue weighted by Gasteiger charge is 2.04. The van der Waals surface area contributed by atoms with Gasteiger partial charge < -0.3 is 0 Å². The van der Waals surface area contributed by atoms with Crippen molar-refractivity contribution in [2.24, 2.45) is 0 Å². The molecule has 0 bridgehead atoms. The standard InChI is InChI=1S/C20H26Br2N/c1-2-3-8-17-9-7-14-23(16-17)13-6-4-5-10-18-15-19(21)11-12-20(18)22/h7,9,11-12,14-16H,2-6,8,10,13H2,1H3/q+1. The van der Waals surface area contributed by atoms with Gasteiger partial charge in [-0.1, -0.05) is 45.2 Å². The van der Waals surface area contributed by atoms with Crippen molar-refractivity contribution in [3.63, 3.8) is 0 Å². The van der Waals surface area contributed by atoms with E-state index in [4.69, 9.17) is 0 Å². The summed E-state index contributed by atoms with van der Waals surface area (Å²) < 4.78 is 4.73. The third kappa shape index (κ3) is 6.76. The Labute approximate surface area is 157 Å². The summed E-state index contributed by atoms with van der Waals surface area (Å²) in [5.41, 5.74) is 2.86. The third-order valence-corrected chi connectivity index (χ3v) is 5.38. The second kappa shape index (κ2) is 10.2. The molecule has 0 radical (unpaired) electrons. The highest BCUT2D eigenvalue weighted by atomic mass is 79.9. The molecule has 124 valence electrons. The Bertz CT molecular complexity index is 610. The van der Waals surface area contributed by atoms with E-state index in [1.165, 1.54) is 54.1 Å². The van der Waals surface area contributed by atoms with Crippen LogP contribution in [0.25, 0.3) is 0 Å². The largest absolute Gasteiger partial charge is 0.205 e. The topological polar surface area (TPSA) is 3.88 Å². The van der Waals surface area contributed by atoms with Crippen LogP contribution in [0.3, 0.4) is 0 Å². The summed E-state index contributed by atoms with van der Waals surface area (Å²) in [6.45, 7) is 3.38. The molecule has 0 amide bonds. The van der Waals surface area contributed by atoms with E-state index in [0.29, 0.717) is 0 Å². The fourth-order valence-corrected chi connectivity index (χ4v) is 3.62. The molecule has 0 fully saturated rings. The number of aromatic nitrogens is 1. The van der Waals surface area contributed by atoms with Gasteiger partial charge in [0.15, 0.2) is 12.4 Å². The maximum absolute atomic E-state index is 3.64. The monoisotopic (exact) mass is 438 g/mol. The first-order chi connectivity index (χ1) is 11.2. The van der Waals surface area contributed by atoms with E-state index in [9.17, 15) is 0 Å². The molecule has 0 atom stereocenters. The van der Waals surface area contributed by atoms with Gasteiger partial charge in [-0.25, -0.2) is 4.57 Å². The van der Waals surface area contributed by atoms with Crippen LogP contribution >= 0.6 is 31.9 Å². The van der Waals surface area contributed by atoms with Crippen molar-refractivity contribution in [2.75, 3.05) is 0 Å². The summed E-state index contributed by atoms with van der Waals surface area (Å²) in [5, 5.41) is 0. The molecule has 23 heavy (non-hydrogen) atoms. The quantitative estimate of drug-likeness (QED) is 0.321. The molecule has 0 N–H and O–H groups in total. The number of aryl methyl sites for hydroxylation is 3. The Kier molecular flexibility index (Phi) is 8.32. The fraction of sp³-hybridized carbons (Fsp3) is 0.450. The van der Waals surface area contributed by atoms with Crippen LogP contribution in [0.2, 0.25) is 0 Å². The van der Waals surface area contributed by atoms with Gasteiger partial charge in [-0.2, -0.15) is 0 Å². The smallest absolute Gasteiger partial charge is 0.171 e. The van der Waals surface area contributed by atoms with Crippen LogP contribution in [0.15, 0.2) is 51.7 Å². The number of unbranched alkanes of at least 4 members (excludes halogenated alkanes) is 3. The lowest BCUT2D eigenvalue weighted by Crippen LogP contribution is -2.33. The van der Waals surface area contributed by atoms with E-state index < -0.39 is 0 Å². The maximum Gasteiger partial charge on any atom is 0.171 e. The molecule has 1 heterocycles. The van der Waals surface area contributed by atoms with Crippen molar-refractivity contribution in [3.05, 3.63) is 62.8 Å². The van der Waals surface area contributed by atoms with Crippen molar-refractivity contribution in [3.8, 4) is 0 Å². The first kappa shape index (κ1) is 18.7. The molecule has 2 aromatic rings. The SMILES string of the molecule is CCCCc1ccc[n+](CCCCCc2cc(Br)ccc2Br)c1. The summed E-state index contributed by atoms with van der Waals surface area (Å²) in [7, 11) is 0. The number of pyridine rings is 1. The lowest BCUT2D eigenvalue weighted by atomic mass is 10.1. The van der Waals surface area contributed by atoms with E-state index in [0.717, 1.165) is 17.4 Å². The lowest BCUT2D eigenvalue weighted by Gasteiger charge is -2.05. The van der Waals surface area contributed by atoms with E-state index in [1.807, 2.05) is 0 Å². The van der Waals surface area contributed by atoms with Gasteiger partial charge in [0, 0.05) is 27.0 Å². The average Bonchev–Trinajstić information content (AvgIpc) is 2.56. The number of nitrogens with zero attached hydrogens (tertiary/aromatic N) is 1. The molecule has 0 spiro atoms. The number of halogens is 2. The maximum atomic E-state index is 3.64. The van der Waals surface area contributed by atoms with Gasteiger partial charge in [-0.3, -0.25) is 0 Å². The normalized spacial score (nSPS) is 10.9. The third-order valence-electron chi connectivity index (χ3n) is 4.11. The average molecular weight is 440 g/mol. The van der Waals surface area contributed by atoms with E-state index in [2.05, 4.69) is 86.1 Å². The Morgan fingerprint density at radius 2 is 1.83 bits per heavy atom. The first-order valence-corrected chi connectivity index (χ1v) is 10.2. The molecule has 1 nitrogen and oxygen atoms in total. The molecular weight excluding hydrogens is 414 g/mol. The Morgan fingerprint density at radius 1 is 0.957 bits per heavy atom. The van der Waals surface area contributed by atoms with Crippen LogP contribution in [-0.4, -0.2) is 0 Å². The predicted octanol–water partition coefficient (Wildman–Crippen LogP) is 6.25. The lowest BCUT2D eigenvalue weighted by molar-refractivity contribution is -0.697. The van der Waals surface area contributed by atoms with Crippen LogP contribution in [0.4, 0.5) is 0 Å². The van der Waals surface area contributed by atoms with Crippen molar-refractivity contribution < 1.29 is 4.57 Å². The van der Waals surface area contributed by atoms with Gasteiger partial charge in [0.1, 0.15) is 6.54 Å². The minimum absolute atomic E-state index is 1.12. The molecule has 0 aliphatic heterocycles. The molecule has 2 rings (SSSR count). The molecule has 0 unspecified atom stereocenters. The van der Waals surface area contributed by atoms with Gasteiger partial charge in [-0.15, -0.1) is 0 Å². The molecule has 0 saturated carbocycles. The minimum atomic E-state index is 1.12. The van der Waals surface area contributed by atoms with E-state index in [1.54, 1.807) is 0 Å². The summed E-state index contributed by atoms with van der Waals surface area (Å²) in [4.78, 5) is 0. The summed E-state index contributed by atoms with van der Waals surface area (Å²) >= 11 is 7.19. The zero-order chi connectivity index (χ0) is 16.5. The molecule has 0 aliphatic carbocycles. The number of hydrogen-bond donors (Lipinski definition) is 0. The van der Waals surface area contributed by atoms with Gasteiger partial charge in [0.25, 0.3) is 0 Å². The van der Waals surface area contributed by atoms with E-state index in [-0.39, 0.29) is 0 Å². The van der Waals surface area contributed by atoms with Crippen LogP contribution in [0.5, 0.6) is 0 Å². The van der Waals surface area contributed by atoms with E-state index >= 15 is 0 Å². The molecule has 0 saturated heterocycles. The zero-order valence-electron chi connectivity index (χ0n) is 13.9. The zero-order valence-corrected chi connectivity index (χ0v) is 17.1. The Balaban J connectivity index is 1.72. The van der Waals surface area contributed by atoms with Gasteiger partial charge >= 0.3 is 0 Å². The van der Waals surface area contributed by atoms with Crippen LogP contribution in [-0.2, 0) is 19.4 Å². The molecular formula is C20H26Br2N+. The highest BCUT2D eigenvalue weighted by molar-refractivity contribution is 9.11. The first-order valence-electron chi connectivity index (χ1n) is 8.61. The molecule has 3 heteroatoms. The summed E-state index contributed by atoms with van der Waals surface area (Å²) in [5.74, 6) is 0. The Morgan fingerprint density at radius 3 is 2.65 bits per heavy atom. The van der Waals surface area contributed by atoms with Crippen molar-refractivity contribution in [2.45, 2.75) is 58.4 Å². The van der Waals surface area contributed by atoms with Crippen LogP contribution < -0.4 is 4.57 Å². The van der Waals surface area contributed by atoms with Crippen molar-refractivity contribution in [1.29, 1.82) is 0 Å². The molecule has 0 aliphatic rings.